The number of hydrogen-bond donors (Lipinski definition) is 3. The summed E-state index contributed by atoms with van der Waals surface area (Å²) >= 11 is 0. The molecule has 5 nitrogen and oxygen atoms in total. The Balaban J connectivity index is 3.92. The molecule has 1 amide bonds. The molecule has 194 valence electrons. The predicted octanol–water partition coefficient (Wildman–Crippen LogP) is 5.92. The maximum absolute atomic E-state index is 12.6. The first-order valence-electron chi connectivity index (χ1n) is 13.6. The number of rotatable bonds is 23. The van der Waals surface area contributed by atoms with Gasteiger partial charge in [-0.2, -0.15) is 0 Å². The summed E-state index contributed by atoms with van der Waals surface area (Å²) in [6.07, 6.45) is 24.4. The van der Waals surface area contributed by atoms with E-state index in [0.717, 1.165) is 51.4 Å². The van der Waals surface area contributed by atoms with Crippen molar-refractivity contribution >= 4 is 5.91 Å². The van der Waals surface area contributed by atoms with Crippen LogP contribution in [-0.2, 0) is 4.79 Å². The molecule has 0 fully saturated rings. The minimum atomic E-state index is -1.01. The number of carbonyl (C=O) groups excluding carboxylic acids is 1. The highest BCUT2D eigenvalue weighted by molar-refractivity contribution is 5.80. The third-order valence-electron chi connectivity index (χ3n) is 5.95. The van der Waals surface area contributed by atoms with E-state index in [4.69, 9.17) is 5.11 Å². The summed E-state index contributed by atoms with van der Waals surface area (Å²) in [5, 5.41) is 29.1. The standard InChI is InChI=1S/C28H53NO4/c1-3-5-7-8-9-10-11-12-13-14-15-16-17-18-19-21-23-29(24-26(31)25-30)28(33)27(32)22-20-6-4-2/h9-10,12-13,26-27,30-32H,3-8,11,14-25H2,1-2H3. The van der Waals surface area contributed by atoms with Crippen LogP contribution < -0.4 is 0 Å². The van der Waals surface area contributed by atoms with E-state index in [0.29, 0.717) is 13.0 Å². The molecule has 0 spiro atoms. The van der Waals surface area contributed by atoms with Gasteiger partial charge in [-0.25, -0.2) is 0 Å². The number of hydrogen-bond acceptors (Lipinski definition) is 4. The summed E-state index contributed by atoms with van der Waals surface area (Å²) in [7, 11) is 0. The van der Waals surface area contributed by atoms with Gasteiger partial charge in [-0.15, -0.1) is 0 Å². The van der Waals surface area contributed by atoms with E-state index in [2.05, 4.69) is 38.2 Å². The van der Waals surface area contributed by atoms with Gasteiger partial charge in [0.15, 0.2) is 0 Å². The van der Waals surface area contributed by atoms with Crippen molar-refractivity contribution < 1.29 is 20.1 Å². The Morgan fingerprint density at radius 2 is 1.30 bits per heavy atom. The fraction of sp³-hybridized carbons (Fsp3) is 0.821. The van der Waals surface area contributed by atoms with Gasteiger partial charge in [-0.3, -0.25) is 4.79 Å². The lowest BCUT2D eigenvalue weighted by atomic mass is 10.1. The number of carbonyl (C=O) groups is 1. The summed E-state index contributed by atoms with van der Waals surface area (Å²) in [5.74, 6) is -0.318. The molecule has 0 aliphatic heterocycles. The molecule has 33 heavy (non-hydrogen) atoms. The van der Waals surface area contributed by atoms with Gasteiger partial charge in [0.1, 0.15) is 6.10 Å². The van der Waals surface area contributed by atoms with Crippen molar-refractivity contribution in [1.29, 1.82) is 0 Å². The number of amides is 1. The van der Waals surface area contributed by atoms with Crippen LogP contribution in [0.1, 0.15) is 117 Å². The van der Waals surface area contributed by atoms with Crippen molar-refractivity contribution in [2.24, 2.45) is 0 Å². The molecular weight excluding hydrogens is 414 g/mol. The molecule has 2 unspecified atom stereocenters. The Labute approximate surface area is 204 Å². The molecule has 3 N–H and O–H groups in total. The topological polar surface area (TPSA) is 81.0 Å². The number of aliphatic hydroxyl groups excluding tert-OH is 3. The van der Waals surface area contributed by atoms with Crippen LogP contribution in [0.25, 0.3) is 0 Å². The van der Waals surface area contributed by atoms with Crippen molar-refractivity contribution in [1.82, 2.24) is 4.90 Å². The first-order chi connectivity index (χ1) is 16.1. The van der Waals surface area contributed by atoms with E-state index >= 15 is 0 Å². The van der Waals surface area contributed by atoms with E-state index in [1.165, 1.54) is 49.8 Å². The van der Waals surface area contributed by atoms with E-state index in [9.17, 15) is 15.0 Å². The average molecular weight is 468 g/mol. The van der Waals surface area contributed by atoms with Crippen LogP contribution in [0.3, 0.4) is 0 Å². The number of aliphatic hydroxyl groups is 3. The number of allylic oxidation sites excluding steroid dienone is 4. The third-order valence-corrected chi connectivity index (χ3v) is 5.95. The summed E-state index contributed by atoms with van der Waals surface area (Å²) in [6.45, 7) is 4.55. The second-order valence-electron chi connectivity index (χ2n) is 9.22. The molecule has 0 aromatic rings. The van der Waals surface area contributed by atoms with Gasteiger partial charge < -0.3 is 20.2 Å². The van der Waals surface area contributed by atoms with E-state index in [1.54, 1.807) is 0 Å². The van der Waals surface area contributed by atoms with Crippen molar-refractivity contribution in [3.05, 3.63) is 24.3 Å². The lowest BCUT2D eigenvalue weighted by molar-refractivity contribution is -0.142. The maximum Gasteiger partial charge on any atom is 0.251 e. The molecule has 0 aliphatic rings. The molecular formula is C28H53NO4. The Bertz CT molecular complexity index is 492. The van der Waals surface area contributed by atoms with Gasteiger partial charge in [-0.05, 0) is 44.9 Å². The molecule has 0 saturated heterocycles. The lowest BCUT2D eigenvalue weighted by Gasteiger charge is -2.27. The minimum Gasteiger partial charge on any atom is -0.394 e. The molecule has 0 heterocycles. The molecule has 0 radical (unpaired) electrons. The van der Waals surface area contributed by atoms with Gasteiger partial charge in [0.05, 0.1) is 12.7 Å². The van der Waals surface area contributed by atoms with E-state index in [1.807, 2.05) is 0 Å². The first-order valence-corrected chi connectivity index (χ1v) is 13.6. The first kappa shape index (κ1) is 31.8. The highest BCUT2D eigenvalue weighted by Crippen LogP contribution is 2.11. The molecule has 0 rings (SSSR count). The highest BCUT2D eigenvalue weighted by Gasteiger charge is 2.23. The van der Waals surface area contributed by atoms with E-state index in [-0.39, 0.29) is 19.1 Å². The molecule has 0 aromatic heterocycles. The fourth-order valence-corrected chi connectivity index (χ4v) is 3.82. The smallest absolute Gasteiger partial charge is 0.251 e. The van der Waals surface area contributed by atoms with Crippen LogP contribution >= 0.6 is 0 Å². The van der Waals surface area contributed by atoms with E-state index < -0.39 is 12.2 Å². The largest absolute Gasteiger partial charge is 0.394 e. The van der Waals surface area contributed by atoms with Gasteiger partial charge in [-0.1, -0.05) is 95.9 Å². The summed E-state index contributed by atoms with van der Waals surface area (Å²) < 4.78 is 0. The van der Waals surface area contributed by atoms with Crippen molar-refractivity contribution in [2.75, 3.05) is 19.7 Å². The van der Waals surface area contributed by atoms with Crippen LogP contribution in [0.2, 0.25) is 0 Å². The molecule has 2 atom stereocenters. The fourth-order valence-electron chi connectivity index (χ4n) is 3.82. The predicted molar refractivity (Wildman–Crippen MR) is 139 cm³/mol. The summed E-state index contributed by atoms with van der Waals surface area (Å²) in [6, 6.07) is 0. The Kier molecular flexibility index (Phi) is 23.1. The zero-order valence-electron chi connectivity index (χ0n) is 21.6. The van der Waals surface area contributed by atoms with Gasteiger partial charge in [0, 0.05) is 13.1 Å². The van der Waals surface area contributed by atoms with Crippen molar-refractivity contribution in [2.45, 2.75) is 129 Å². The molecule has 0 bridgehead atoms. The summed E-state index contributed by atoms with van der Waals surface area (Å²) in [5.41, 5.74) is 0. The number of nitrogens with zero attached hydrogens (tertiary/aromatic N) is 1. The molecule has 0 aromatic carbocycles. The van der Waals surface area contributed by atoms with Crippen LogP contribution in [0.4, 0.5) is 0 Å². The monoisotopic (exact) mass is 467 g/mol. The van der Waals surface area contributed by atoms with Crippen LogP contribution in [-0.4, -0.2) is 58.0 Å². The Morgan fingerprint density at radius 1 is 0.758 bits per heavy atom. The van der Waals surface area contributed by atoms with Crippen LogP contribution in [0.15, 0.2) is 24.3 Å². The normalized spacial score (nSPS) is 13.7. The van der Waals surface area contributed by atoms with Crippen LogP contribution in [0.5, 0.6) is 0 Å². The SMILES string of the molecule is CCCCCC=CCC=CCCCCCCCCN(CC(O)CO)C(=O)C(O)CCCCC. The molecule has 0 saturated carbocycles. The molecule has 0 aliphatic carbocycles. The third kappa shape index (κ3) is 20.0. The van der Waals surface area contributed by atoms with Crippen molar-refractivity contribution in [3.63, 3.8) is 0 Å². The number of unbranched alkanes of at least 4 members (excludes halogenated alkanes) is 11. The lowest BCUT2D eigenvalue weighted by Crippen LogP contribution is -2.44. The van der Waals surface area contributed by atoms with Gasteiger partial charge >= 0.3 is 0 Å². The van der Waals surface area contributed by atoms with Gasteiger partial charge in [0.2, 0.25) is 0 Å². The second-order valence-corrected chi connectivity index (χ2v) is 9.22. The minimum absolute atomic E-state index is 0.0838. The highest BCUT2D eigenvalue weighted by atomic mass is 16.3. The summed E-state index contributed by atoms with van der Waals surface area (Å²) in [4.78, 5) is 14.1. The zero-order chi connectivity index (χ0) is 24.6. The zero-order valence-corrected chi connectivity index (χ0v) is 21.6. The maximum atomic E-state index is 12.6. The second kappa shape index (κ2) is 24.0. The average Bonchev–Trinajstić information content (AvgIpc) is 2.82. The van der Waals surface area contributed by atoms with Crippen molar-refractivity contribution in [3.8, 4) is 0 Å². The Morgan fingerprint density at radius 3 is 1.91 bits per heavy atom. The molecule has 5 heteroatoms. The Hall–Kier alpha value is -1.17. The van der Waals surface area contributed by atoms with Crippen LogP contribution in [0, 0.1) is 0 Å². The quantitative estimate of drug-likeness (QED) is 0.129. The van der Waals surface area contributed by atoms with Gasteiger partial charge in [0.25, 0.3) is 5.91 Å².